The topological polar surface area (TPSA) is 17.1 Å². The molecule has 28 heavy (non-hydrogen) atoms. The molecule has 4 aliphatic rings. The van der Waals surface area contributed by atoms with Gasteiger partial charge in [0.15, 0.2) is 0 Å². The fraction of sp³-hybridized carbons (Fsp3) is 0.958. The summed E-state index contributed by atoms with van der Waals surface area (Å²) in [7, 11) is 0. The third kappa shape index (κ3) is 3.45. The Balaban J connectivity index is 0.00000109. The second-order valence-electron chi connectivity index (χ2n) is 10.4. The first-order valence-electron chi connectivity index (χ1n) is 11.7. The molecule has 4 fully saturated rings. The summed E-state index contributed by atoms with van der Waals surface area (Å²) in [5, 5.41) is 0. The van der Waals surface area contributed by atoms with E-state index in [1.807, 2.05) is 13.8 Å². The van der Waals surface area contributed by atoms with Crippen LogP contribution in [-0.2, 0) is 4.79 Å². The van der Waals surface area contributed by atoms with Crippen molar-refractivity contribution in [3.63, 3.8) is 0 Å². The summed E-state index contributed by atoms with van der Waals surface area (Å²) in [4.78, 5) is 11.1. The van der Waals surface area contributed by atoms with Crippen molar-refractivity contribution < 1.29 is 18.0 Å². The van der Waals surface area contributed by atoms with Gasteiger partial charge in [-0.3, -0.25) is 0 Å². The van der Waals surface area contributed by atoms with E-state index in [-0.39, 0.29) is 16.7 Å². The lowest BCUT2D eigenvalue weighted by Gasteiger charge is -2.61. The maximum absolute atomic E-state index is 13.3. The Morgan fingerprint density at radius 2 is 1.54 bits per heavy atom. The third-order valence-electron chi connectivity index (χ3n) is 9.71. The number of alkyl halides is 3. The highest BCUT2D eigenvalue weighted by Crippen LogP contribution is 2.68. The molecule has 0 amide bonds. The second kappa shape index (κ2) is 7.95. The van der Waals surface area contributed by atoms with Crippen LogP contribution in [0.3, 0.4) is 0 Å². The van der Waals surface area contributed by atoms with E-state index in [9.17, 15) is 18.0 Å². The summed E-state index contributed by atoms with van der Waals surface area (Å²) in [6.45, 7) is 8.73. The zero-order chi connectivity index (χ0) is 20.7. The van der Waals surface area contributed by atoms with Gasteiger partial charge in [0.2, 0.25) is 0 Å². The first kappa shape index (κ1) is 22.2. The summed E-state index contributed by atoms with van der Waals surface area (Å²) in [5.74, 6) is 1.66. The molecule has 8 atom stereocenters. The molecule has 6 unspecified atom stereocenters. The van der Waals surface area contributed by atoms with Crippen molar-refractivity contribution in [2.75, 3.05) is 0 Å². The Labute approximate surface area is 169 Å². The Morgan fingerprint density at radius 1 is 0.893 bits per heavy atom. The highest BCUT2D eigenvalue weighted by molar-refractivity contribution is 5.50. The van der Waals surface area contributed by atoms with Crippen molar-refractivity contribution in [1.29, 1.82) is 0 Å². The van der Waals surface area contributed by atoms with E-state index in [4.69, 9.17) is 0 Å². The summed E-state index contributed by atoms with van der Waals surface area (Å²) in [5.41, 5.74) is 0.392. The van der Waals surface area contributed by atoms with Gasteiger partial charge in [0.1, 0.15) is 6.29 Å². The van der Waals surface area contributed by atoms with Crippen LogP contribution in [-0.4, -0.2) is 12.5 Å². The molecular formula is C24H39F3O. The van der Waals surface area contributed by atoms with Gasteiger partial charge in [0, 0.05) is 6.42 Å². The molecule has 0 radical (unpaired) electrons. The Hall–Kier alpha value is -0.540. The van der Waals surface area contributed by atoms with Gasteiger partial charge in [0.05, 0.1) is 5.92 Å². The van der Waals surface area contributed by atoms with Crippen LogP contribution in [0.15, 0.2) is 0 Å². The van der Waals surface area contributed by atoms with Crippen molar-refractivity contribution in [1.82, 2.24) is 0 Å². The summed E-state index contributed by atoms with van der Waals surface area (Å²) >= 11 is 0. The number of hydrogen-bond donors (Lipinski definition) is 0. The van der Waals surface area contributed by atoms with Crippen LogP contribution in [0, 0.1) is 46.3 Å². The Morgan fingerprint density at radius 3 is 2.18 bits per heavy atom. The molecule has 0 aromatic heterocycles. The largest absolute Gasteiger partial charge is 0.391 e. The second-order valence-corrected chi connectivity index (χ2v) is 10.4. The van der Waals surface area contributed by atoms with Gasteiger partial charge in [-0.15, -0.1) is 0 Å². The molecule has 0 aromatic rings. The highest BCUT2D eigenvalue weighted by atomic mass is 19.4. The molecular weight excluding hydrogens is 361 g/mol. The van der Waals surface area contributed by atoms with Gasteiger partial charge in [-0.2, -0.15) is 13.2 Å². The number of fused-ring (bicyclic) bond motifs is 5. The fourth-order valence-electron chi connectivity index (χ4n) is 8.17. The number of halogens is 3. The molecule has 4 heteroatoms. The normalized spacial score (nSPS) is 47.8. The van der Waals surface area contributed by atoms with E-state index in [1.54, 1.807) is 0 Å². The van der Waals surface area contributed by atoms with Crippen molar-refractivity contribution >= 4 is 6.29 Å². The van der Waals surface area contributed by atoms with E-state index in [2.05, 4.69) is 13.8 Å². The molecule has 0 saturated heterocycles. The number of hydrogen-bond acceptors (Lipinski definition) is 1. The minimum atomic E-state index is -4.02. The summed E-state index contributed by atoms with van der Waals surface area (Å²) < 4.78 is 39.8. The van der Waals surface area contributed by atoms with Gasteiger partial charge in [-0.05, 0) is 98.2 Å². The predicted molar refractivity (Wildman–Crippen MR) is 107 cm³/mol. The highest BCUT2D eigenvalue weighted by Gasteiger charge is 2.61. The summed E-state index contributed by atoms with van der Waals surface area (Å²) in [6.07, 6.45) is 6.03. The number of carbonyl (C=O) groups excluding carboxylic acids is 1. The van der Waals surface area contributed by atoms with E-state index in [0.717, 1.165) is 32.0 Å². The average molecular weight is 401 g/mol. The van der Waals surface area contributed by atoms with Crippen molar-refractivity contribution in [2.45, 2.75) is 98.1 Å². The smallest absolute Gasteiger partial charge is 0.303 e. The lowest BCUT2D eigenvalue weighted by molar-refractivity contribution is -0.208. The average Bonchev–Trinajstić information content (AvgIpc) is 2.99. The quantitative estimate of drug-likeness (QED) is 0.440. The Kier molecular flexibility index (Phi) is 6.29. The van der Waals surface area contributed by atoms with Gasteiger partial charge >= 0.3 is 6.18 Å². The predicted octanol–water partition coefficient (Wildman–Crippen LogP) is 7.44. The molecule has 0 aromatic carbocycles. The van der Waals surface area contributed by atoms with Crippen LogP contribution in [0.5, 0.6) is 0 Å². The van der Waals surface area contributed by atoms with Gasteiger partial charge in [-0.25, -0.2) is 0 Å². The number of rotatable bonds is 2. The van der Waals surface area contributed by atoms with Crippen molar-refractivity contribution in [2.24, 2.45) is 46.3 Å². The molecule has 4 saturated carbocycles. The molecule has 1 nitrogen and oxygen atoms in total. The van der Waals surface area contributed by atoms with Crippen LogP contribution in [0.4, 0.5) is 13.2 Å². The molecule has 0 aliphatic heterocycles. The van der Waals surface area contributed by atoms with Crippen LogP contribution < -0.4 is 0 Å². The fourth-order valence-corrected chi connectivity index (χ4v) is 8.17. The van der Waals surface area contributed by atoms with Crippen LogP contribution >= 0.6 is 0 Å². The maximum Gasteiger partial charge on any atom is 0.391 e. The number of aldehydes is 1. The first-order valence-corrected chi connectivity index (χ1v) is 11.7. The minimum absolute atomic E-state index is 0.106. The molecule has 4 aliphatic carbocycles. The molecule has 0 heterocycles. The summed E-state index contributed by atoms with van der Waals surface area (Å²) in [6, 6.07) is 0. The van der Waals surface area contributed by atoms with E-state index < -0.39 is 12.1 Å². The molecule has 0 spiro atoms. The van der Waals surface area contributed by atoms with Gasteiger partial charge in [0.25, 0.3) is 0 Å². The number of carbonyl (C=O) groups is 1. The molecule has 0 N–H and O–H groups in total. The zero-order valence-corrected chi connectivity index (χ0v) is 18.2. The molecule has 4 rings (SSSR count). The SMILES string of the molecule is CC.CC12CCC(C(F)(F)F)CC1CC[C@@H]1C2CC[C@]2(C)C(CC=O)CCC12. The van der Waals surface area contributed by atoms with Crippen molar-refractivity contribution in [3.05, 3.63) is 0 Å². The van der Waals surface area contributed by atoms with Crippen LogP contribution in [0.2, 0.25) is 0 Å². The third-order valence-corrected chi connectivity index (χ3v) is 9.71. The van der Waals surface area contributed by atoms with Crippen LogP contribution in [0.25, 0.3) is 0 Å². The van der Waals surface area contributed by atoms with Crippen molar-refractivity contribution in [3.8, 4) is 0 Å². The standard InChI is InChI=1S/C22H33F3O.C2H6/c1-20-11-8-19-17(18(20)6-4-14(20)9-12-26)5-3-15-13-16(22(23,24)25)7-10-21(15,19)2;1-2/h12,14-19H,3-11,13H2,1-2H3;1-2H3/t14?,15?,16?,17-,18?,19?,20+,21?;/m0./s1. The van der Waals surface area contributed by atoms with Gasteiger partial charge in [-0.1, -0.05) is 27.7 Å². The van der Waals surface area contributed by atoms with Gasteiger partial charge < -0.3 is 4.79 Å². The lowest BCUT2D eigenvalue weighted by Crippen LogP contribution is -2.54. The van der Waals surface area contributed by atoms with E-state index in [0.29, 0.717) is 42.9 Å². The Bertz CT molecular complexity index is 559. The molecule has 0 bridgehead atoms. The monoisotopic (exact) mass is 400 g/mol. The molecule has 162 valence electrons. The minimum Gasteiger partial charge on any atom is -0.303 e. The zero-order valence-electron chi connectivity index (χ0n) is 18.2. The first-order chi connectivity index (χ1) is 13.2. The lowest BCUT2D eigenvalue weighted by atomic mass is 9.44. The maximum atomic E-state index is 13.3. The van der Waals surface area contributed by atoms with E-state index >= 15 is 0 Å². The van der Waals surface area contributed by atoms with E-state index in [1.165, 1.54) is 19.3 Å². The van der Waals surface area contributed by atoms with Crippen LogP contribution in [0.1, 0.15) is 91.9 Å².